The lowest BCUT2D eigenvalue weighted by Gasteiger charge is -2.14. The van der Waals surface area contributed by atoms with E-state index in [-0.39, 0.29) is 0 Å². The van der Waals surface area contributed by atoms with Crippen LogP contribution in [0.1, 0.15) is 19.9 Å². The first kappa shape index (κ1) is 21.3. The molecule has 5 aromatic carbocycles. The van der Waals surface area contributed by atoms with Crippen LogP contribution in [0.15, 0.2) is 114 Å². The number of para-hydroxylation sites is 4. The van der Waals surface area contributed by atoms with Crippen LogP contribution in [0.4, 0.5) is 0 Å². The zero-order valence-electron chi connectivity index (χ0n) is 21.2. The Morgan fingerprint density at radius 3 is 2.16 bits per heavy atom. The van der Waals surface area contributed by atoms with Gasteiger partial charge in [0.05, 0.1) is 27.5 Å². The zero-order chi connectivity index (χ0) is 25.4. The number of hydrogen-bond acceptors (Lipinski definition) is 2. The van der Waals surface area contributed by atoms with Crippen LogP contribution in [0.2, 0.25) is 0 Å². The molecule has 8 aromatic rings. The molecule has 38 heavy (non-hydrogen) atoms. The number of hydrogen-bond donors (Lipinski definition) is 0. The molecule has 0 unspecified atom stereocenters. The zero-order valence-corrected chi connectivity index (χ0v) is 21.2. The van der Waals surface area contributed by atoms with Crippen molar-refractivity contribution in [2.24, 2.45) is 0 Å². The van der Waals surface area contributed by atoms with Crippen molar-refractivity contribution < 1.29 is 4.42 Å². The molecule has 0 saturated carbocycles. The minimum absolute atomic E-state index is 0.306. The fourth-order valence-electron chi connectivity index (χ4n) is 6.04. The number of furan rings is 1. The molecule has 0 spiro atoms. The maximum absolute atomic E-state index is 6.44. The van der Waals surface area contributed by atoms with Gasteiger partial charge in [-0.25, -0.2) is 4.98 Å². The highest BCUT2D eigenvalue weighted by Gasteiger charge is 2.19. The molecule has 0 N–H and O–H groups in total. The van der Waals surface area contributed by atoms with E-state index in [9.17, 15) is 0 Å². The van der Waals surface area contributed by atoms with Crippen molar-refractivity contribution in [2.75, 3.05) is 0 Å². The quantitative estimate of drug-likeness (QED) is 0.247. The second kappa shape index (κ2) is 7.83. The molecular formula is C34H25N3O. The van der Waals surface area contributed by atoms with Gasteiger partial charge in [-0.1, -0.05) is 48.5 Å². The maximum Gasteiger partial charge on any atom is 0.145 e. The minimum Gasteiger partial charge on any atom is -0.455 e. The molecule has 4 nitrogen and oxygen atoms in total. The van der Waals surface area contributed by atoms with Crippen LogP contribution in [-0.4, -0.2) is 14.1 Å². The number of benzene rings is 5. The summed E-state index contributed by atoms with van der Waals surface area (Å²) < 4.78 is 11.1. The van der Waals surface area contributed by atoms with Crippen molar-refractivity contribution >= 4 is 54.8 Å². The summed E-state index contributed by atoms with van der Waals surface area (Å²) in [5, 5.41) is 4.65. The molecule has 0 amide bonds. The predicted molar refractivity (Wildman–Crippen MR) is 157 cm³/mol. The molecule has 0 fully saturated rings. The molecule has 0 radical (unpaired) electrons. The van der Waals surface area contributed by atoms with Gasteiger partial charge >= 0.3 is 0 Å². The standard InChI is InChI=1S/C34H25N3O/c1-21(2)36-29-13-7-5-11-27(29)35-34(36)22-15-17-23(18-16-22)37-28-12-6-3-10-26(28)32-30(37)20-19-25-24-9-4-8-14-31(24)38-33(25)32/h3-21H,1-2H3. The molecule has 3 heterocycles. The highest BCUT2D eigenvalue weighted by atomic mass is 16.3. The van der Waals surface area contributed by atoms with Crippen molar-refractivity contribution in [3.8, 4) is 17.1 Å². The van der Waals surface area contributed by atoms with Crippen LogP contribution in [-0.2, 0) is 0 Å². The second-order valence-electron chi connectivity index (χ2n) is 10.2. The van der Waals surface area contributed by atoms with E-state index in [1.807, 2.05) is 18.2 Å². The summed E-state index contributed by atoms with van der Waals surface area (Å²) in [6, 6.07) is 38.7. The molecule has 0 aliphatic rings. The number of aromatic nitrogens is 3. The van der Waals surface area contributed by atoms with Crippen molar-refractivity contribution in [2.45, 2.75) is 19.9 Å². The molecule has 0 atom stereocenters. The first-order valence-corrected chi connectivity index (χ1v) is 13.1. The van der Waals surface area contributed by atoms with Crippen molar-refractivity contribution in [1.82, 2.24) is 14.1 Å². The van der Waals surface area contributed by atoms with E-state index in [2.05, 4.69) is 114 Å². The van der Waals surface area contributed by atoms with Gasteiger partial charge in [0, 0.05) is 33.5 Å². The Morgan fingerprint density at radius 1 is 0.632 bits per heavy atom. The van der Waals surface area contributed by atoms with E-state index < -0.39 is 0 Å². The van der Waals surface area contributed by atoms with Gasteiger partial charge in [-0.3, -0.25) is 0 Å². The Bertz CT molecular complexity index is 2160. The summed E-state index contributed by atoms with van der Waals surface area (Å²) in [5.41, 5.74) is 8.58. The Labute approximate surface area is 219 Å². The number of rotatable bonds is 3. The van der Waals surface area contributed by atoms with Gasteiger partial charge in [0.15, 0.2) is 0 Å². The van der Waals surface area contributed by atoms with Crippen LogP contribution in [0.25, 0.3) is 71.9 Å². The van der Waals surface area contributed by atoms with Gasteiger partial charge < -0.3 is 13.6 Å². The second-order valence-corrected chi connectivity index (χ2v) is 10.2. The Morgan fingerprint density at radius 2 is 1.34 bits per heavy atom. The average Bonchev–Trinajstić information content (AvgIpc) is 3.62. The molecule has 8 rings (SSSR count). The maximum atomic E-state index is 6.44. The summed E-state index contributed by atoms with van der Waals surface area (Å²) in [7, 11) is 0. The van der Waals surface area contributed by atoms with E-state index in [1.165, 1.54) is 10.9 Å². The predicted octanol–water partition coefficient (Wildman–Crippen LogP) is 9.28. The SMILES string of the molecule is CC(C)n1c(-c2ccc(-n3c4ccccc4c4c5oc6ccccc6c5ccc43)cc2)nc2ccccc21. The monoisotopic (exact) mass is 491 g/mol. The lowest BCUT2D eigenvalue weighted by molar-refractivity contribution is 0.624. The normalized spacial score (nSPS) is 12.2. The molecule has 182 valence electrons. The Balaban J connectivity index is 1.36. The van der Waals surface area contributed by atoms with Crippen molar-refractivity contribution in [1.29, 1.82) is 0 Å². The molecular weight excluding hydrogens is 466 g/mol. The Hall–Kier alpha value is -4.83. The highest BCUT2D eigenvalue weighted by Crippen LogP contribution is 2.40. The van der Waals surface area contributed by atoms with Crippen LogP contribution >= 0.6 is 0 Å². The van der Waals surface area contributed by atoms with Gasteiger partial charge in [0.25, 0.3) is 0 Å². The van der Waals surface area contributed by atoms with Gasteiger partial charge in [-0.15, -0.1) is 0 Å². The summed E-state index contributed by atoms with van der Waals surface area (Å²) in [5.74, 6) is 0.999. The number of nitrogens with zero attached hydrogens (tertiary/aromatic N) is 3. The molecule has 3 aromatic heterocycles. The van der Waals surface area contributed by atoms with Crippen molar-refractivity contribution in [3.05, 3.63) is 109 Å². The largest absolute Gasteiger partial charge is 0.455 e. The van der Waals surface area contributed by atoms with Gasteiger partial charge in [-0.05, 0) is 74.5 Å². The third kappa shape index (κ3) is 2.88. The van der Waals surface area contributed by atoms with E-state index in [0.29, 0.717) is 6.04 Å². The third-order valence-electron chi connectivity index (χ3n) is 7.68. The van der Waals surface area contributed by atoms with Crippen LogP contribution in [0, 0.1) is 0 Å². The molecule has 4 heteroatoms. The molecule has 0 aliphatic heterocycles. The third-order valence-corrected chi connectivity index (χ3v) is 7.68. The summed E-state index contributed by atoms with van der Waals surface area (Å²) in [6.07, 6.45) is 0. The summed E-state index contributed by atoms with van der Waals surface area (Å²) in [4.78, 5) is 5.00. The Kier molecular flexibility index (Phi) is 4.38. The summed E-state index contributed by atoms with van der Waals surface area (Å²) in [6.45, 7) is 4.42. The lowest BCUT2D eigenvalue weighted by Crippen LogP contribution is -2.03. The summed E-state index contributed by atoms with van der Waals surface area (Å²) >= 11 is 0. The van der Waals surface area contributed by atoms with E-state index in [0.717, 1.165) is 61.0 Å². The van der Waals surface area contributed by atoms with E-state index in [1.54, 1.807) is 0 Å². The van der Waals surface area contributed by atoms with Crippen LogP contribution in [0.5, 0.6) is 0 Å². The number of imidazole rings is 1. The van der Waals surface area contributed by atoms with Gasteiger partial charge in [0.2, 0.25) is 0 Å². The molecule has 0 saturated heterocycles. The first-order chi connectivity index (χ1) is 18.7. The molecule has 0 bridgehead atoms. The van der Waals surface area contributed by atoms with Crippen LogP contribution < -0.4 is 0 Å². The average molecular weight is 492 g/mol. The topological polar surface area (TPSA) is 35.9 Å². The van der Waals surface area contributed by atoms with E-state index in [4.69, 9.17) is 9.40 Å². The lowest BCUT2D eigenvalue weighted by atomic mass is 10.1. The smallest absolute Gasteiger partial charge is 0.145 e. The molecule has 0 aliphatic carbocycles. The fourth-order valence-corrected chi connectivity index (χ4v) is 6.04. The minimum atomic E-state index is 0.306. The van der Waals surface area contributed by atoms with Crippen LogP contribution in [0.3, 0.4) is 0 Å². The van der Waals surface area contributed by atoms with Gasteiger partial charge in [0.1, 0.15) is 17.0 Å². The van der Waals surface area contributed by atoms with Gasteiger partial charge in [-0.2, -0.15) is 0 Å². The number of fused-ring (bicyclic) bond motifs is 8. The van der Waals surface area contributed by atoms with E-state index >= 15 is 0 Å². The highest BCUT2D eigenvalue weighted by molar-refractivity contribution is 6.23. The first-order valence-electron chi connectivity index (χ1n) is 13.1. The fraction of sp³-hybridized carbons (Fsp3) is 0.0882. The van der Waals surface area contributed by atoms with Crippen molar-refractivity contribution in [3.63, 3.8) is 0 Å².